The van der Waals surface area contributed by atoms with Crippen LogP contribution in [0, 0.1) is 6.92 Å². The number of nitrogens with zero attached hydrogens (tertiary/aromatic N) is 3. The number of likely N-dealkylation sites (N-methyl/N-ethyl adjacent to an activating group) is 1. The molecule has 0 spiro atoms. The van der Waals surface area contributed by atoms with Crippen LogP contribution in [0.15, 0.2) is 47.4 Å². The lowest BCUT2D eigenvalue weighted by Crippen LogP contribution is -2.41. The maximum atomic E-state index is 13.5. The third-order valence-electron chi connectivity index (χ3n) is 5.92. The van der Waals surface area contributed by atoms with Crippen molar-refractivity contribution < 1.29 is 19.8 Å². The van der Waals surface area contributed by atoms with Gasteiger partial charge in [-0.2, -0.15) is 0 Å². The van der Waals surface area contributed by atoms with Crippen molar-refractivity contribution in [2.24, 2.45) is 0 Å². The number of hydrogen-bond acceptors (Lipinski definition) is 5. The highest BCUT2D eigenvalue weighted by Gasteiger charge is 2.26. The van der Waals surface area contributed by atoms with Gasteiger partial charge in [0.2, 0.25) is 0 Å². The van der Waals surface area contributed by atoms with Gasteiger partial charge in [0.05, 0.1) is 6.10 Å². The Labute approximate surface area is 195 Å². The number of aliphatic hydroxyl groups is 1. The van der Waals surface area contributed by atoms with Crippen LogP contribution in [0.5, 0.6) is 0 Å². The van der Waals surface area contributed by atoms with Crippen LogP contribution in [-0.2, 0) is 11.3 Å². The van der Waals surface area contributed by atoms with Gasteiger partial charge in [0, 0.05) is 31.9 Å². The molecule has 1 amide bonds. The van der Waals surface area contributed by atoms with Crippen molar-refractivity contribution in [1.29, 1.82) is 0 Å². The molecule has 0 aliphatic heterocycles. The van der Waals surface area contributed by atoms with Crippen molar-refractivity contribution in [3.8, 4) is 0 Å². The van der Waals surface area contributed by atoms with E-state index in [2.05, 4.69) is 0 Å². The Morgan fingerprint density at radius 2 is 1.70 bits per heavy atom. The van der Waals surface area contributed by atoms with Crippen LogP contribution in [-0.4, -0.2) is 70.2 Å². The Bertz CT molecular complexity index is 950. The summed E-state index contributed by atoms with van der Waals surface area (Å²) in [5.41, 5.74) is 1.79. The summed E-state index contributed by atoms with van der Waals surface area (Å²) < 4.78 is 1.71. The molecule has 1 heterocycles. The Morgan fingerprint density at radius 1 is 1.09 bits per heavy atom. The Kier molecular flexibility index (Phi) is 10.3. The van der Waals surface area contributed by atoms with Gasteiger partial charge in [-0.3, -0.25) is 14.4 Å². The summed E-state index contributed by atoms with van der Waals surface area (Å²) in [5, 5.41) is 16.7. The van der Waals surface area contributed by atoms with Crippen LogP contribution in [0.3, 0.4) is 0 Å². The number of rotatable bonds is 7. The molecule has 1 aliphatic carbocycles. The molecule has 2 N–H and O–H groups in total. The molecule has 0 atom stereocenters. The highest BCUT2D eigenvalue weighted by atomic mass is 16.3. The largest absolute Gasteiger partial charge is 0.483 e. The summed E-state index contributed by atoms with van der Waals surface area (Å²) >= 11 is 0. The monoisotopic (exact) mass is 457 g/mol. The number of pyridine rings is 1. The lowest BCUT2D eigenvalue weighted by molar-refractivity contribution is -0.122. The van der Waals surface area contributed by atoms with Crippen molar-refractivity contribution >= 4 is 12.4 Å². The molecule has 0 unspecified atom stereocenters. The molecule has 1 aliphatic rings. The number of carboxylic acid groups (broad SMARTS) is 1. The minimum atomic E-state index is -0.282. The number of carbonyl (C=O) groups is 2. The fraction of sp³-hybridized carbons (Fsp3) is 0.480. The van der Waals surface area contributed by atoms with E-state index in [9.17, 15) is 14.7 Å². The zero-order chi connectivity index (χ0) is 24.4. The van der Waals surface area contributed by atoms with E-state index in [0.29, 0.717) is 31.5 Å². The molecular weight excluding hydrogens is 422 g/mol. The molecule has 8 nitrogen and oxygen atoms in total. The number of aromatic nitrogens is 1. The predicted molar refractivity (Wildman–Crippen MR) is 127 cm³/mol. The molecule has 1 aromatic carbocycles. The first-order chi connectivity index (χ1) is 15.8. The van der Waals surface area contributed by atoms with Crippen molar-refractivity contribution in [3.63, 3.8) is 0 Å². The number of hydrogen-bond donors (Lipinski definition) is 2. The molecule has 1 saturated carbocycles. The summed E-state index contributed by atoms with van der Waals surface area (Å²) in [4.78, 5) is 39.1. The molecule has 2 aromatic rings. The standard InChI is InChI=1S/C24H33N3O3.CH2O2/c1-18-13-14-27(20-9-11-21(28)12-10-20)24(30)22(18)23(29)26(16-15-25(2)3)17-19-7-5-4-6-8-19;2-1-3/h4-8,13-14,20-21,28H,9-12,15-17H2,1-3H3;1H,(H,2,3). The summed E-state index contributed by atoms with van der Waals surface area (Å²) in [6, 6.07) is 11.8. The lowest BCUT2D eigenvalue weighted by atomic mass is 9.92. The van der Waals surface area contributed by atoms with Gasteiger partial charge in [0.1, 0.15) is 5.56 Å². The van der Waals surface area contributed by atoms with Crippen LogP contribution in [0.2, 0.25) is 0 Å². The second-order valence-corrected chi connectivity index (χ2v) is 8.67. The maximum Gasteiger partial charge on any atom is 0.290 e. The van der Waals surface area contributed by atoms with E-state index in [1.54, 1.807) is 15.7 Å². The van der Waals surface area contributed by atoms with Gasteiger partial charge in [-0.15, -0.1) is 0 Å². The third-order valence-corrected chi connectivity index (χ3v) is 5.92. The first-order valence-electron chi connectivity index (χ1n) is 11.2. The van der Waals surface area contributed by atoms with Crippen LogP contribution < -0.4 is 5.56 Å². The highest BCUT2D eigenvalue weighted by Crippen LogP contribution is 2.27. The molecule has 0 saturated heterocycles. The summed E-state index contributed by atoms with van der Waals surface area (Å²) in [5.74, 6) is -0.214. The van der Waals surface area contributed by atoms with E-state index < -0.39 is 0 Å². The topological polar surface area (TPSA) is 103 Å². The third kappa shape index (κ3) is 7.54. The SMILES string of the molecule is Cc1ccn(C2CCC(O)CC2)c(=O)c1C(=O)N(CCN(C)C)Cc1ccccc1.O=CO. The summed E-state index contributed by atoms with van der Waals surface area (Å²) in [6.07, 6.45) is 4.42. The van der Waals surface area contributed by atoms with E-state index in [0.717, 1.165) is 24.9 Å². The summed E-state index contributed by atoms with van der Waals surface area (Å²) in [6.45, 7) is 3.32. The zero-order valence-corrected chi connectivity index (χ0v) is 19.7. The number of carbonyl (C=O) groups excluding carboxylic acids is 1. The first kappa shape index (κ1) is 26.3. The second-order valence-electron chi connectivity index (χ2n) is 8.67. The Hall–Kier alpha value is -2.97. The molecule has 0 bridgehead atoms. The van der Waals surface area contributed by atoms with E-state index in [4.69, 9.17) is 9.90 Å². The van der Waals surface area contributed by atoms with Crippen LogP contribution in [0.25, 0.3) is 0 Å². The van der Waals surface area contributed by atoms with Gasteiger partial charge in [-0.1, -0.05) is 30.3 Å². The molecular formula is C25H35N3O5. The average molecular weight is 458 g/mol. The Morgan fingerprint density at radius 3 is 2.27 bits per heavy atom. The number of benzene rings is 1. The van der Waals surface area contributed by atoms with Gasteiger partial charge in [0.25, 0.3) is 17.9 Å². The van der Waals surface area contributed by atoms with E-state index in [-0.39, 0.29) is 35.6 Å². The van der Waals surface area contributed by atoms with Gasteiger partial charge in [-0.05, 0) is 63.9 Å². The van der Waals surface area contributed by atoms with E-state index in [1.807, 2.05) is 62.3 Å². The number of amides is 1. The second kappa shape index (κ2) is 12.9. The van der Waals surface area contributed by atoms with Crippen molar-refractivity contribution in [1.82, 2.24) is 14.4 Å². The molecule has 180 valence electrons. The smallest absolute Gasteiger partial charge is 0.290 e. The maximum absolute atomic E-state index is 13.5. The van der Waals surface area contributed by atoms with Gasteiger partial charge in [0.15, 0.2) is 0 Å². The lowest BCUT2D eigenvalue weighted by Gasteiger charge is -2.29. The van der Waals surface area contributed by atoms with E-state index in [1.165, 1.54) is 0 Å². The quantitative estimate of drug-likeness (QED) is 0.620. The van der Waals surface area contributed by atoms with Gasteiger partial charge >= 0.3 is 0 Å². The van der Waals surface area contributed by atoms with E-state index >= 15 is 0 Å². The fourth-order valence-electron chi connectivity index (χ4n) is 4.06. The number of aryl methyl sites for hydroxylation is 1. The highest BCUT2D eigenvalue weighted by molar-refractivity contribution is 5.95. The van der Waals surface area contributed by atoms with Crippen LogP contribution in [0.4, 0.5) is 0 Å². The molecule has 8 heteroatoms. The van der Waals surface area contributed by atoms with Crippen LogP contribution in [0.1, 0.15) is 53.2 Å². The first-order valence-corrected chi connectivity index (χ1v) is 11.2. The van der Waals surface area contributed by atoms with Gasteiger partial charge < -0.3 is 24.6 Å². The molecule has 1 aromatic heterocycles. The number of aliphatic hydroxyl groups excluding tert-OH is 1. The summed E-state index contributed by atoms with van der Waals surface area (Å²) in [7, 11) is 3.95. The molecule has 33 heavy (non-hydrogen) atoms. The van der Waals surface area contributed by atoms with Crippen molar-refractivity contribution in [2.45, 2.75) is 51.3 Å². The minimum Gasteiger partial charge on any atom is -0.483 e. The van der Waals surface area contributed by atoms with Gasteiger partial charge in [-0.25, -0.2) is 0 Å². The average Bonchev–Trinajstić information content (AvgIpc) is 2.78. The predicted octanol–water partition coefficient (Wildman–Crippen LogP) is 2.54. The fourth-order valence-corrected chi connectivity index (χ4v) is 4.06. The zero-order valence-electron chi connectivity index (χ0n) is 19.7. The Balaban J connectivity index is 0.00000122. The normalized spacial score (nSPS) is 17.7. The van der Waals surface area contributed by atoms with Crippen LogP contribution >= 0.6 is 0 Å². The van der Waals surface area contributed by atoms with Crippen molar-refractivity contribution in [3.05, 3.63) is 69.6 Å². The molecule has 0 radical (unpaired) electrons. The molecule has 3 rings (SSSR count). The molecule has 1 fully saturated rings. The van der Waals surface area contributed by atoms with Crippen molar-refractivity contribution in [2.75, 3.05) is 27.2 Å². The minimum absolute atomic E-state index is 0.0393.